The summed E-state index contributed by atoms with van der Waals surface area (Å²) in [6.07, 6.45) is 4.50. The van der Waals surface area contributed by atoms with E-state index in [0.717, 1.165) is 23.7 Å². The van der Waals surface area contributed by atoms with Gasteiger partial charge in [0.2, 0.25) is 0 Å². The summed E-state index contributed by atoms with van der Waals surface area (Å²) in [4.78, 5) is 8.95. The standard InChI is InChI=1S/C17H24N2O/c1-12-11-20-15(19-12)17(5,6)10-13-7-8-18-14(9-13)16(2,3)4/h7-9,11H,10H2,1-6H3. The van der Waals surface area contributed by atoms with Crippen LogP contribution in [0.15, 0.2) is 29.0 Å². The Morgan fingerprint density at radius 2 is 1.85 bits per heavy atom. The largest absolute Gasteiger partial charge is 0.448 e. The van der Waals surface area contributed by atoms with Crippen LogP contribution >= 0.6 is 0 Å². The Balaban J connectivity index is 2.25. The van der Waals surface area contributed by atoms with Gasteiger partial charge in [-0.15, -0.1) is 0 Å². The van der Waals surface area contributed by atoms with Gasteiger partial charge in [0.25, 0.3) is 0 Å². The van der Waals surface area contributed by atoms with Crippen molar-refractivity contribution in [1.82, 2.24) is 9.97 Å². The van der Waals surface area contributed by atoms with Crippen LogP contribution in [0.4, 0.5) is 0 Å². The molecule has 3 nitrogen and oxygen atoms in total. The molecule has 2 heterocycles. The van der Waals surface area contributed by atoms with E-state index >= 15 is 0 Å². The topological polar surface area (TPSA) is 38.9 Å². The monoisotopic (exact) mass is 272 g/mol. The second-order valence-electron chi connectivity index (χ2n) is 7.15. The molecule has 2 aromatic rings. The Morgan fingerprint density at radius 1 is 1.15 bits per heavy atom. The van der Waals surface area contributed by atoms with E-state index in [1.807, 2.05) is 13.1 Å². The van der Waals surface area contributed by atoms with Gasteiger partial charge in [-0.25, -0.2) is 4.98 Å². The number of nitrogens with zero attached hydrogens (tertiary/aromatic N) is 2. The van der Waals surface area contributed by atoms with Crippen LogP contribution < -0.4 is 0 Å². The van der Waals surface area contributed by atoms with E-state index in [0.29, 0.717) is 0 Å². The number of hydrogen-bond donors (Lipinski definition) is 0. The summed E-state index contributed by atoms with van der Waals surface area (Å²) in [5, 5.41) is 0. The van der Waals surface area contributed by atoms with E-state index in [1.54, 1.807) is 6.26 Å². The Morgan fingerprint density at radius 3 is 2.40 bits per heavy atom. The molecule has 0 saturated heterocycles. The van der Waals surface area contributed by atoms with Gasteiger partial charge >= 0.3 is 0 Å². The van der Waals surface area contributed by atoms with E-state index in [-0.39, 0.29) is 10.8 Å². The Labute approximate surface area is 121 Å². The molecule has 108 valence electrons. The summed E-state index contributed by atoms with van der Waals surface area (Å²) in [6, 6.07) is 4.27. The number of oxazole rings is 1. The maximum absolute atomic E-state index is 5.57. The van der Waals surface area contributed by atoms with Crippen molar-refractivity contribution in [2.24, 2.45) is 0 Å². The number of aromatic nitrogens is 2. The Bertz CT molecular complexity index is 591. The van der Waals surface area contributed by atoms with Gasteiger partial charge in [0, 0.05) is 22.7 Å². The van der Waals surface area contributed by atoms with E-state index in [4.69, 9.17) is 4.42 Å². The third-order valence-corrected chi connectivity index (χ3v) is 3.44. The number of hydrogen-bond acceptors (Lipinski definition) is 3. The molecule has 2 aromatic heterocycles. The van der Waals surface area contributed by atoms with Crippen molar-refractivity contribution >= 4 is 0 Å². The quantitative estimate of drug-likeness (QED) is 0.840. The fourth-order valence-electron chi connectivity index (χ4n) is 2.25. The van der Waals surface area contributed by atoms with E-state index in [9.17, 15) is 0 Å². The minimum atomic E-state index is -0.120. The number of rotatable bonds is 3. The maximum Gasteiger partial charge on any atom is 0.200 e. The van der Waals surface area contributed by atoms with Crippen LogP contribution in [0, 0.1) is 6.92 Å². The maximum atomic E-state index is 5.57. The predicted molar refractivity (Wildman–Crippen MR) is 80.9 cm³/mol. The second kappa shape index (κ2) is 5.04. The molecule has 0 aliphatic rings. The molecule has 0 amide bonds. The summed E-state index contributed by atoms with van der Waals surface area (Å²) < 4.78 is 5.57. The molecule has 0 unspecified atom stereocenters. The average molecular weight is 272 g/mol. The predicted octanol–water partition coefficient (Wildman–Crippen LogP) is 4.20. The SMILES string of the molecule is Cc1coc(C(C)(C)Cc2ccnc(C(C)(C)C)c2)n1. The van der Waals surface area contributed by atoms with Gasteiger partial charge in [0.1, 0.15) is 6.26 Å². The van der Waals surface area contributed by atoms with Crippen LogP contribution in [0.1, 0.15) is 57.5 Å². The van der Waals surface area contributed by atoms with Crippen molar-refractivity contribution in [2.75, 3.05) is 0 Å². The molecule has 0 aliphatic carbocycles. The van der Waals surface area contributed by atoms with Crippen LogP contribution in [0.25, 0.3) is 0 Å². The zero-order chi connectivity index (χ0) is 15.0. The Hall–Kier alpha value is -1.64. The van der Waals surface area contributed by atoms with E-state index in [2.05, 4.69) is 56.7 Å². The van der Waals surface area contributed by atoms with Crippen LogP contribution in [-0.2, 0) is 17.3 Å². The zero-order valence-electron chi connectivity index (χ0n) is 13.3. The lowest BCUT2D eigenvalue weighted by Crippen LogP contribution is -2.22. The molecule has 0 radical (unpaired) electrons. The van der Waals surface area contributed by atoms with Crippen molar-refractivity contribution in [2.45, 2.75) is 58.8 Å². The first kappa shape index (κ1) is 14.8. The van der Waals surface area contributed by atoms with E-state index < -0.39 is 0 Å². The third kappa shape index (κ3) is 3.27. The zero-order valence-corrected chi connectivity index (χ0v) is 13.3. The first-order valence-corrected chi connectivity index (χ1v) is 7.06. The highest BCUT2D eigenvalue weighted by atomic mass is 16.3. The molecule has 0 N–H and O–H groups in total. The second-order valence-corrected chi connectivity index (χ2v) is 7.15. The van der Waals surface area contributed by atoms with Gasteiger partial charge in [-0.2, -0.15) is 0 Å². The van der Waals surface area contributed by atoms with Gasteiger partial charge < -0.3 is 4.42 Å². The first-order chi connectivity index (χ1) is 9.18. The minimum Gasteiger partial charge on any atom is -0.448 e. The molecule has 0 fully saturated rings. The molecule has 0 bridgehead atoms. The smallest absolute Gasteiger partial charge is 0.200 e. The van der Waals surface area contributed by atoms with E-state index in [1.165, 1.54) is 5.56 Å². The lowest BCUT2D eigenvalue weighted by molar-refractivity contribution is 0.366. The highest BCUT2D eigenvalue weighted by Crippen LogP contribution is 2.28. The normalized spacial score (nSPS) is 12.7. The third-order valence-electron chi connectivity index (χ3n) is 3.44. The summed E-state index contributed by atoms with van der Waals surface area (Å²) >= 11 is 0. The minimum absolute atomic E-state index is 0.0691. The van der Waals surface area contributed by atoms with Crippen molar-refractivity contribution in [3.05, 3.63) is 47.4 Å². The number of aryl methyl sites for hydroxylation is 1. The fraction of sp³-hybridized carbons (Fsp3) is 0.529. The molecule has 2 rings (SSSR count). The molecule has 0 spiro atoms. The Kier molecular flexibility index (Phi) is 3.72. The van der Waals surface area contributed by atoms with Crippen molar-refractivity contribution in [3.8, 4) is 0 Å². The van der Waals surface area contributed by atoms with Crippen LogP contribution in [0.3, 0.4) is 0 Å². The molecule has 0 saturated carbocycles. The average Bonchev–Trinajstić information content (AvgIpc) is 2.75. The summed E-state index contributed by atoms with van der Waals surface area (Å²) in [5.74, 6) is 0.795. The van der Waals surface area contributed by atoms with Crippen LogP contribution in [0.2, 0.25) is 0 Å². The fourth-order valence-corrected chi connectivity index (χ4v) is 2.25. The van der Waals surface area contributed by atoms with Gasteiger partial charge in [-0.1, -0.05) is 34.6 Å². The molecule has 3 heteroatoms. The van der Waals surface area contributed by atoms with Crippen molar-refractivity contribution < 1.29 is 4.42 Å². The van der Waals surface area contributed by atoms with Crippen molar-refractivity contribution in [1.29, 1.82) is 0 Å². The lowest BCUT2D eigenvalue weighted by Gasteiger charge is -2.23. The van der Waals surface area contributed by atoms with Gasteiger partial charge in [0.05, 0.1) is 5.69 Å². The number of pyridine rings is 1. The molecular formula is C17H24N2O. The van der Waals surface area contributed by atoms with Gasteiger partial charge in [-0.3, -0.25) is 4.98 Å². The van der Waals surface area contributed by atoms with Crippen LogP contribution in [0.5, 0.6) is 0 Å². The highest BCUT2D eigenvalue weighted by molar-refractivity contribution is 5.24. The molecule has 0 aromatic carbocycles. The highest BCUT2D eigenvalue weighted by Gasteiger charge is 2.27. The molecule has 0 aliphatic heterocycles. The van der Waals surface area contributed by atoms with Gasteiger partial charge in [0.15, 0.2) is 5.89 Å². The lowest BCUT2D eigenvalue weighted by atomic mass is 9.84. The van der Waals surface area contributed by atoms with Crippen molar-refractivity contribution in [3.63, 3.8) is 0 Å². The molecule has 0 atom stereocenters. The summed E-state index contributed by atoms with van der Waals surface area (Å²) in [6.45, 7) is 12.8. The van der Waals surface area contributed by atoms with Crippen LogP contribution in [-0.4, -0.2) is 9.97 Å². The molecule has 20 heavy (non-hydrogen) atoms. The first-order valence-electron chi connectivity index (χ1n) is 7.06. The summed E-state index contributed by atoms with van der Waals surface area (Å²) in [5.41, 5.74) is 3.27. The summed E-state index contributed by atoms with van der Waals surface area (Å²) in [7, 11) is 0. The van der Waals surface area contributed by atoms with Gasteiger partial charge in [-0.05, 0) is 31.0 Å². The molecular weight excluding hydrogens is 248 g/mol.